The molecule has 0 fully saturated rings. The van der Waals surface area contributed by atoms with Gasteiger partial charge in [-0.2, -0.15) is 0 Å². The highest BCUT2D eigenvalue weighted by Crippen LogP contribution is 2.22. The Labute approximate surface area is 116 Å². The van der Waals surface area contributed by atoms with Crippen molar-refractivity contribution >= 4 is 27.5 Å². The minimum atomic E-state index is 0.826. The molecule has 1 aliphatic rings. The number of halogens is 2. The van der Waals surface area contributed by atoms with Crippen molar-refractivity contribution in [1.82, 2.24) is 5.32 Å². The molecule has 0 radical (unpaired) electrons. The van der Waals surface area contributed by atoms with Gasteiger partial charge in [-0.1, -0.05) is 45.2 Å². The number of allylic oxidation sites excluding steroid dienone is 1. The lowest BCUT2D eigenvalue weighted by atomic mass is 10.1. The molecule has 0 amide bonds. The minimum Gasteiger partial charge on any atom is -0.312 e. The fourth-order valence-electron chi connectivity index (χ4n) is 2.10. The summed E-state index contributed by atoms with van der Waals surface area (Å²) >= 11 is 9.56. The van der Waals surface area contributed by atoms with E-state index in [1.807, 2.05) is 12.1 Å². The van der Waals surface area contributed by atoms with Crippen LogP contribution in [0.3, 0.4) is 0 Å². The van der Waals surface area contributed by atoms with Gasteiger partial charge in [0.1, 0.15) is 0 Å². The van der Waals surface area contributed by atoms with E-state index in [4.69, 9.17) is 11.6 Å². The van der Waals surface area contributed by atoms with E-state index in [1.165, 1.54) is 25.7 Å². The van der Waals surface area contributed by atoms with Crippen LogP contribution in [0.5, 0.6) is 0 Å². The number of nitrogens with one attached hydrogen (secondary N) is 1. The third kappa shape index (κ3) is 4.13. The Morgan fingerprint density at radius 3 is 2.94 bits per heavy atom. The van der Waals surface area contributed by atoms with E-state index in [9.17, 15) is 0 Å². The Morgan fingerprint density at radius 2 is 2.24 bits per heavy atom. The lowest BCUT2D eigenvalue weighted by Gasteiger charge is -2.07. The average molecular weight is 315 g/mol. The van der Waals surface area contributed by atoms with Gasteiger partial charge in [0.15, 0.2) is 0 Å². The molecule has 92 valence electrons. The molecule has 2 rings (SSSR count). The monoisotopic (exact) mass is 313 g/mol. The highest BCUT2D eigenvalue weighted by molar-refractivity contribution is 9.10. The first kappa shape index (κ1) is 13.1. The van der Waals surface area contributed by atoms with Crippen LogP contribution in [0.1, 0.15) is 31.2 Å². The minimum absolute atomic E-state index is 0.826. The van der Waals surface area contributed by atoms with E-state index in [1.54, 1.807) is 5.57 Å². The smallest absolute Gasteiger partial charge is 0.0462 e. The van der Waals surface area contributed by atoms with Crippen molar-refractivity contribution in [3.8, 4) is 0 Å². The summed E-state index contributed by atoms with van der Waals surface area (Å²) in [4.78, 5) is 0. The van der Waals surface area contributed by atoms with Gasteiger partial charge in [-0.15, -0.1) is 0 Å². The van der Waals surface area contributed by atoms with Crippen LogP contribution in [-0.4, -0.2) is 6.54 Å². The second kappa shape index (κ2) is 6.58. The van der Waals surface area contributed by atoms with Gasteiger partial charge in [0, 0.05) is 16.0 Å². The highest BCUT2D eigenvalue weighted by atomic mass is 79.9. The maximum absolute atomic E-state index is 6.15. The van der Waals surface area contributed by atoms with Crippen LogP contribution in [0.2, 0.25) is 5.02 Å². The number of rotatable bonds is 5. The lowest BCUT2D eigenvalue weighted by molar-refractivity contribution is 0.676. The maximum atomic E-state index is 6.15. The van der Waals surface area contributed by atoms with Gasteiger partial charge >= 0.3 is 0 Å². The van der Waals surface area contributed by atoms with Crippen LogP contribution >= 0.6 is 27.5 Å². The van der Waals surface area contributed by atoms with E-state index in [-0.39, 0.29) is 0 Å². The Bertz CT molecular complexity index is 415. The summed E-state index contributed by atoms with van der Waals surface area (Å²) in [5.41, 5.74) is 2.77. The van der Waals surface area contributed by atoms with Gasteiger partial charge in [-0.05, 0) is 49.9 Å². The molecule has 0 aromatic heterocycles. The van der Waals surface area contributed by atoms with Gasteiger partial charge in [-0.25, -0.2) is 0 Å². The molecule has 0 aliphatic heterocycles. The molecule has 1 aromatic rings. The second-order valence-corrected chi connectivity index (χ2v) is 5.74. The van der Waals surface area contributed by atoms with Gasteiger partial charge in [0.2, 0.25) is 0 Å². The molecule has 0 heterocycles. The van der Waals surface area contributed by atoms with Crippen LogP contribution in [0.4, 0.5) is 0 Å². The molecule has 0 atom stereocenters. The third-order valence-electron chi connectivity index (χ3n) is 3.09. The summed E-state index contributed by atoms with van der Waals surface area (Å²) in [5.74, 6) is 0. The average Bonchev–Trinajstić information content (AvgIpc) is 2.79. The Balaban J connectivity index is 1.74. The Kier molecular flexibility index (Phi) is 5.08. The van der Waals surface area contributed by atoms with E-state index in [0.29, 0.717) is 0 Å². The quantitative estimate of drug-likeness (QED) is 0.614. The topological polar surface area (TPSA) is 12.0 Å². The predicted octanol–water partition coefficient (Wildman–Crippen LogP) is 4.69. The van der Waals surface area contributed by atoms with Crippen molar-refractivity contribution < 1.29 is 0 Å². The molecular weight excluding hydrogens is 298 g/mol. The van der Waals surface area contributed by atoms with E-state index >= 15 is 0 Å². The number of benzene rings is 1. The first-order valence-electron chi connectivity index (χ1n) is 6.08. The van der Waals surface area contributed by atoms with E-state index in [0.717, 1.165) is 28.1 Å². The van der Waals surface area contributed by atoms with Crippen molar-refractivity contribution in [2.75, 3.05) is 6.54 Å². The molecule has 1 nitrogen and oxygen atoms in total. The van der Waals surface area contributed by atoms with Crippen LogP contribution < -0.4 is 5.32 Å². The third-order valence-corrected chi connectivity index (χ3v) is 3.93. The molecule has 3 heteroatoms. The van der Waals surface area contributed by atoms with Crippen molar-refractivity contribution in [2.45, 2.75) is 32.2 Å². The summed E-state index contributed by atoms with van der Waals surface area (Å²) in [6.07, 6.45) is 7.46. The van der Waals surface area contributed by atoms with Gasteiger partial charge in [0.05, 0.1) is 0 Å². The normalized spacial score (nSPS) is 15.1. The Hall–Kier alpha value is -0.310. The molecule has 1 N–H and O–H groups in total. The summed E-state index contributed by atoms with van der Waals surface area (Å²) < 4.78 is 1.03. The molecular formula is C14H17BrClN. The maximum Gasteiger partial charge on any atom is 0.0462 e. The molecule has 0 saturated heterocycles. The predicted molar refractivity (Wildman–Crippen MR) is 77.4 cm³/mol. The zero-order chi connectivity index (χ0) is 12.1. The van der Waals surface area contributed by atoms with Crippen molar-refractivity contribution in [1.29, 1.82) is 0 Å². The fourth-order valence-corrected chi connectivity index (χ4v) is 2.84. The first-order chi connectivity index (χ1) is 8.25. The molecule has 1 aromatic carbocycles. The first-order valence-corrected chi connectivity index (χ1v) is 7.25. The molecule has 0 unspecified atom stereocenters. The fraction of sp³-hybridized carbons (Fsp3) is 0.429. The van der Waals surface area contributed by atoms with E-state index in [2.05, 4.69) is 33.4 Å². The van der Waals surface area contributed by atoms with Crippen LogP contribution in [-0.2, 0) is 6.54 Å². The number of hydrogen-bond acceptors (Lipinski definition) is 1. The zero-order valence-corrected chi connectivity index (χ0v) is 12.1. The molecule has 0 spiro atoms. The molecule has 0 bridgehead atoms. The van der Waals surface area contributed by atoms with Crippen LogP contribution in [0.25, 0.3) is 0 Å². The summed E-state index contributed by atoms with van der Waals surface area (Å²) in [7, 11) is 0. The molecule has 0 saturated carbocycles. The van der Waals surface area contributed by atoms with E-state index < -0.39 is 0 Å². The molecule has 17 heavy (non-hydrogen) atoms. The Morgan fingerprint density at radius 1 is 1.35 bits per heavy atom. The van der Waals surface area contributed by atoms with Crippen LogP contribution in [0, 0.1) is 0 Å². The highest BCUT2D eigenvalue weighted by Gasteiger charge is 2.04. The summed E-state index contributed by atoms with van der Waals surface area (Å²) in [6, 6.07) is 6.04. The zero-order valence-electron chi connectivity index (χ0n) is 9.81. The second-order valence-electron chi connectivity index (χ2n) is 4.42. The van der Waals surface area contributed by atoms with Gasteiger partial charge in [-0.3, -0.25) is 0 Å². The van der Waals surface area contributed by atoms with Crippen molar-refractivity contribution in [3.63, 3.8) is 0 Å². The van der Waals surface area contributed by atoms with Gasteiger partial charge in [0.25, 0.3) is 0 Å². The lowest BCUT2D eigenvalue weighted by Crippen LogP contribution is -2.15. The van der Waals surface area contributed by atoms with Crippen LogP contribution in [0.15, 0.2) is 34.3 Å². The standard InChI is InChI=1S/C14H17BrClN/c15-13-6-5-12(14(16)9-13)10-17-8-7-11-3-1-2-4-11/h3,5-6,9,17H,1-2,4,7-8,10H2. The van der Waals surface area contributed by atoms with Crippen molar-refractivity contribution in [2.24, 2.45) is 0 Å². The van der Waals surface area contributed by atoms with Crippen molar-refractivity contribution in [3.05, 3.63) is 44.9 Å². The number of hydrogen-bond donors (Lipinski definition) is 1. The molecule has 1 aliphatic carbocycles. The SMILES string of the molecule is Clc1cc(Br)ccc1CNCCC1=CCCC1. The summed E-state index contributed by atoms with van der Waals surface area (Å²) in [5, 5.41) is 4.27. The van der Waals surface area contributed by atoms with Gasteiger partial charge < -0.3 is 5.32 Å². The largest absolute Gasteiger partial charge is 0.312 e. The summed E-state index contributed by atoms with van der Waals surface area (Å²) in [6.45, 7) is 1.89.